The summed E-state index contributed by atoms with van der Waals surface area (Å²) >= 11 is 4.69. The van der Waals surface area contributed by atoms with Gasteiger partial charge in [0.25, 0.3) is 0 Å². The Morgan fingerprint density at radius 2 is 1.67 bits per heavy atom. The first-order valence-corrected chi connectivity index (χ1v) is 6.04. The summed E-state index contributed by atoms with van der Waals surface area (Å²) in [6, 6.07) is 13.3. The van der Waals surface area contributed by atoms with Gasteiger partial charge in [-0.25, -0.2) is 0 Å². The Bertz CT molecular complexity index is 689. The van der Waals surface area contributed by atoms with Crippen LogP contribution >= 0.6 is 12.2 Å². The third kappa shape index (κ3) is 1.60. The van der Waals surface area contributed by atoms with E-state index in [4.69, 9.17) is 0 Å². The second-order valence-electron chi connectivity index (χ2n) is 4.02. The molecular weight excluding hydrogens is 242 g/mol. The Morgan fingerprint density at radius 1 is 0.944 bits per heavy atom. The van der Waals surface area contributed by atoms with E-state index in [2.05, 4.69) is 17.2 Å². The van der Waals surface area contributed by atoms with E-state index in [1.165, 1.54) is 5.37 Å². The fourth-order valence-corrected chi connectivity index (χ4v) is 2.27. The molecule has 0 saturated carbocycles. The van der Waals surface area contributed by atoms with Crippen LogP contribution < -0.4 is 0 Å². The van der Waals surface area contributed by atoms with E-state index in [0.717, 1.165) is 27.9 Å². The van der Waals surface area contributed by atoms with Gasteiger partial charge in [-0.2, -0.15) is 0 Å². The number of aliphatic imine (C=N–C) groups is 1. The molecule has 0 amide bonds. The summed E-state index contributed by atoms with van der Waals surface area (Å²) in [4.78, 5) is 16.4. The Labute approximate surface area is 110 Å². The topological polar surface area (TPSA) is 29.4 Å². The highest BCUT2D eigenvalue weighted by Gasteiger charge is 2.25. The lowest BCUT2D eigenvalue weighted by Gasteiger charge is -1.99. The van der Waals surface area contributed by atoms with Crippen LogP contribution in [0.5, 0.6) is 0 Å². The molecule has 0 N–H and O–H groups in total. The number of rotatable bonds is 2. The minimum absolute atomic E-state index is 0.0694. The second kappa shape index (κ2) is 4.27. The summed E-state index contributed by atoms with van der Waals surface area (Å²) in [6.45, 7) is 0. The molecule has 0 unspecified atom stereocenters. The minimum Gasteiger partial charge on any atom is -0.289 e. The van der Waals surface area contributed by atoms with Crippen LogP contribution in [0.3, 0.4) is 0 Å². The summed E-state index contributed by atoms with van der Waals surface area (Å²) in [5, 5.41) is 1.45. The van der Waals surface area contributed by atoms with Crippen LogP contribution in [0.25, 0.3) is 11.1 Å². The summed E-state index contributed by atoms with van der Waals surface area (Å²) in [5.41, 5.74) is 4.22. The van der Waals surface area contributed by atoms with Crippen molar-refractivity contribution < 1.29 is 4.79 Å². The number of thiocarbonyl (C=S) groups is 1. The first-order chi connectivity index (χ1) is 8.81. The predicted molar refractivity (Wildman–Crippen MR) is 77.1 cm³/mol. The first-order valence-electron chi connectivity index (χ1n) is 5.57. The van der Waals surface area contributed by atoms with Crippen molar-refractivity contribution in [1.82, 2.24) is 0 Å². The summed E-state index contributed by atoms with van der Waals surface area (Å²) in [7, 11) is 0. The van der Waals surface area contributed by atoms with Gasteiger partial charge in [0.2, 0.25) is 0 Å². The van der Waals surface area contributed by atoms with Crippen LogP contribution in [0.4, 0.5) is 5.69 Å². The van der Waals surface area contributed by atoms with Gasteiger partial charge in [-0.3, -0.25) is 9.79 Å². The van der Waals surface area contributed by atoms with Gasteiger partial charge >= 0.3 is 0 Å². The van der Waals surface area contributed by atoms with Crippen molar-refractivity contribution in [3.63, 3.8) is 0 Å². The molecule has 1 aliphatic rings. The summed E-state index contributed by atoms with van der Waals surface area (Å²) in [5.74, 6) is 0.0694. The van der Waals surface area contributed by atoms with Gasteiger partial charge in [0.05, 0.1) is 5.69 Å². The highest BCUT2D eigenvalue weighted by atomic mass is 32.1. The zero-order valence-electron chi connectivity index (χ0n) is 9.46. The number of carbonyl (C=O) groups is 1. The average Bonchev–Trinajstić information content (AvgIpc) is 2.71. The van der Waals surface area contributed by atoms with Crippen LogP contribution in [0, 0.1) is 0 Å². The van der Waals surface area contributed by atoms with Gasteiger partial charge < -0.3 is 0 Å². The molecule has 1 aliphatic carbocycles. The maximum atomic E-state index is 12.2. The van der Waals surface area contributed by atoms with Gasteiger partial charge in [-0.15, -0.1) is 0 Å². The lowest BCUT2D eigenvalue weighted by atomic mass is 10.1. The maximum Gasteiger partial charge on any atom is 0.194 e. The second-order valence-corrected chi connectivity index (χ2v) is 4.29. The Morgan fingerprint density at radius 3 is 2.44 bits per heavy atom. The van der Waals surface area contributed by atoms with Crippen molar-refractivity contribution in [1.29, 1.82) is 0 Å². The molecular formula is C15H9NOS. The van der Waals surface area contributed by atoms with Crippen molar-refractivity contribution in [3.05, 3.63) is 53.6 Å². The highest BCUT2D eigenvalue weighted by Crippen LogP contribution is 2.37. The molecule has 86 valence electrons. The predicted octanol–water partition coefficient (Wildman–Crippen LogP) is 3.60. The van der Waals surface area contributed by atoms with Gasteiger partial charge in [0, 0.05) is 22.7 Å². The lowest BCUT2D eigenvalue weighted by Crippen LogP contribution is -1.94. The normalized spacial score (nSPS) is 12.6. The van der Waals surface area contributed by atoms with E-state index < -0.39 is 0 Å². The van der Waals surface area contributed by atoms with Crippen molar-refractivity contribution in [3.8, 4) is 11.1 Å². The van der Waals surface area contributed by atoms with Crippen molar-refractivity contribution in [2.24, 2.45) is 4.99 Å². The number of hydrogen-bond donors (Lipinski definition) is 0. The number of carbonyl (C=O) groups excluding carboxylic acids is 1. The molecule has 0 spiro atoms. The largest absolute Gasteiger partial charge is 0.289 e. The van der Waals surface area contributed by atoms with Gasteiger partial charge in [0.15, 0.2) is 5.78 Å². The molecule has 0 radical (unpaired) electrons. The molecule has 18 heavy (non-hydrogen) atoms. The first kappa shape index (κ1) is 11.0. The van der Waals surface area contributed by atoms with Gasteiger partial charge in [-0.05, 0) is 23.3 Å². The monoisotopic (exact) mass is 251 g/mol. The number of benzene rings is 2. The fourth-order valence-electron chi connectivity index (χ4n) is 2.21. The lowest BCUT2D eigenvalue weighted by molar-refractivity contribution is 0.104. The average molecular weight is 251 g/mol. The summed E-state index contributed by atoms with van der Waals surface area (Å²) in [6.07, 6.45) is 1.55. The molecule has 2 aromatic rings. The number of nitrogens with zero attached hydrogens (tertiary/aromatic N) is 1. The standard InChI is InChI=1S/C15H9NOS/c17-15-13-4-2-1-3-11(13)12-6-5-10(9-14(12)15)16-7-8-18/h1-9H. The third-order valence-corrected chi connectivity index (χ3v) is 3.12. The molecule has 0 aliphatic heterocycles. The van der Waals surface area contributed by atoms with Gasteiger partial charge in [-0.1, -0.05) is 42.5 Å². The van der Waals surface area contributed by atoms with E-state index in [9.17, 15) is 4.79 Å². The van der Waals surface area contributed by atoms with E-state index in [-0.39, 0.29) is 5.78 Å². The van der Waals surface area contributed by atoms with Crippen LogP contribution in [-0.2, 0) is 0 Å². The number of hydrogen-bond acceptors (Lipinski definition) is 3. The van der Waals surface area contributed by atoms with Crippen molar-refractivity contribution in [2.45, 2.75) is 0 Å². The quantitative estimate of drug-likeness (QED) is 0.514. The van der Waals surface area contributed by atoms with Crippen LogP contribution in [0.1, 0.15) is 15.9 Å². The highest BCUT2D eigenvalue weighted by molar-refractivity contribution is 7.80. The van der Waals surface area contributed by atoms with E-state index in [1.807, 2.05) is 42.5 Å². The molecule has 0 atom stereocenters. The molecule has 0 heterocycles. The molecule has 2 aromatic carbocycles. The van der Waals surface area contributed by atoms with E-state index in [1.54, 1.807) is 6.21 Å². The molecule has 0 aromatic heterocycles. The molecule has 3 heteroatoms. The van der Waals surface area contributed by atoms with Crippen LogP contribution in [-0.4, -0.2) is 17.4 Å². The smallest absolute Gasteiger partial charge is 0.194 e. The minimum atomic E-state index is 0.0694. The van der Waals surface area contributed by atoms with Crippen molar-refractivity contribution in [2.75, 3.05) is 0 Å². The van der Waals surface area contributed by atoms with Crippen molar-refractivity contribution >= 4 is 35.3 Å². The summed E-state index contributed by atoms with van der Waals surface area (Å²) < 4.78 is 0. The van der Waals surface area contributed by atoms with Crippen LogP contribution in [0.15, 0.2) is 47.5 Å². The Hall–Kier alpha value is -2.13. The zero-order chi connectivity index (χ0) is 12.5. The van der Waals surface area contributed by atoms with E-state index in [0.29, 0.717) is 0 Å². The SMILES string of the molecule is O=C1c2ccccc2-c2ccc(N=CC=S)cc21. The zero-order valence-corrected chi connectivity index (χ0v) is 10.3. The Kier molecular flexibility index (Phi) is 2.61. The Balaban J connectivity index is 2.16. The number of fused-ring (bicyclic) bond motifs is 3. The maximum absolute atomic E-state index is 12.2. The number of ketones is 1. The molecule has 0 fully saturated rings. The van der Waals surface area contributed by atoms with Gasteiger partial charge in [0.1, 0.15) is 0 Å². The molecule has 0 bridgehead atoms. The molecule has 0 saturated heterocycles. The molecule has 3 rings (SSSR count). The molecule has 2 nitrogen and oxygen atoms in total. The van der Waals surface area contributed by atoms with Crippen LogP contribution in [0.2, 0.25) is 0 Å². The van der Waals surface area contributed by atoms with E-state index >= 15 is 0 Å². The third-order valence-electron chi connectivity index (χ3n) is 2.99. The fraction of sp³-hybridized carbons (Fsp3) is 0.